The third-order valence-electron chi connectivity index (χ3n) is 1.71. The van der Waals surface area contributed by atoms with E-state index in [1.54, 1.807) is 0 Å². The van der Waals surface area contributed by atoms with E-state index in [1.807, 2.05) is 0 Å². The average molecular weight is 130 g/mol. The molecule has 0 spiro atoms. The van der Waals surface area contributed by atoms with E-state index in [4.69, 9.17) is 0 Å². The maximum absolute atomic E-state index is 2.31. The van der Waals surface area contributed by atoms with Gasteiger partial charge in [-0.25, -0.2) is 0 Å². The van der Waals surface area contributed by atoms with E-state index in [2.05, 4.69) is 32.5 Å². The zero-order valence-electron chi connectivity index (χ0n) is 5.85. The highest BCUT2D eigenvalue weighted by Crippen LogP contribution is 2.40. The number of thioether (sulfide) groups is 1. The molecule has 0 radical (unpaired) electrons. The van der Waals surface area contributed by atoms with Gasteiger partial charge < -0.3 is 0 Å². The van der Waals surface area contributed by atoms with Crippen LogP contribution < -0.4 is 0 Å². The molecule has 1 heteroatoms. The van der Waals surface area contributed by atoms with Crippen molar-refractivity contribution in [1.29, 1.82) is 0 Å². The van der Waals surface area contributed by atoms with Gasteiger partial charge in [0.05, 0.1) is 0 Å². The van der Waals surface area contributed by atoms with E-state index in [0.717, 1.165) is 16.4 Å². The third-order valence-corrected chi connectivity index (χ3v) is 3.46. The van der Waals surface area contributed by atoms with Gasteiger partial charge in [-0.1, -0.05) is 20.8 Å². The van der Waals surface area contributed by atoms with Gasteiger partial charge >= 0.3 is 0 Å². The molecule has 1 rings (SSSR count). The molecule has 1 aliphatic rings. The topological polar surface area (TPSA) is 0 Å². The summed E-state index contributed by atoms with van der Waals surface area (Å²) in [4.78, 5) is 0. The fourth-order valence-corrected chi connectivity index (χ4v) is 2.31. The van der Waals surface area contributed by atoms with Crippen LogP contribution in [0.1, 0.15) is 27.2 Å². The maximum atomic E-state index is 2.31. The molecule has 2 atom stereocenters. The molecule has 1 heterocycles. The molecule has 1 fully saturated rings. The molecule has 8 heavy (non-hydrogen) atoms. The molecule has 0 N–H and O–H groups in total. The summed E-state index contributed by atoms with van der Waals surface area (Å²) in [5.41, 5.74) is 0. The van der Waals surface area contributed by atoms with Crippen LogP contribution in [-0.2, 0) is 0 Å². The lowest BCUT2D eigenvalue weighted by atomic mass is 10.1. The second kappa shape index (κ2) is 2.30. The van der Waals surface area contributed by atoms with Crippen molar-refractivity contribution in [2.24, 2.45) is 5.92 Å². The minimum absolute atomic E-state index is 0.899. The Kier molecular flexibility index (Phi) is 1.86. The lowest BCUT2D eigenvalue weighted by Gasteiger charge is -2.34. The summed E-state index contributed by atoms with van der Waals surface area (Å²) in [6, 6.07) is 0. The molecule has 0 aromatic rings. The van der Waals surface area contributed by atoms with E-state index in [-0.39, 0.29) is 0 Å². The van der Waals surface area contributed by atoms with Gasteiger partial charge in [-0.05, 0) is 12.3 Å². The van der Waals surface area contributed by atoms with Crippen LogP contribution in [-0.4, -0.2) is 10.5 Å². The van der Waals surface area contributed by atoms with Crippen LogP contribution in [0, 0.1) is 5.92 Å². The van der Waals surface area contributed by atoms with E-state index in [0.29, 0.717) is 0 Å². The normalized spacial score (nSPS) is 37.5. The summed E-state index contributed by atoms with van der Waals surface area (Å²) in [5.74, 6) is 0.899. The second-order valence-corrected chi connectivity index (χ2v) is 4.65. The van der Waals surface area contributed by atoms with Crippen molar-refractivity contribution in [3.05, 3.63) is 0 Å². The van der Waals surface area contributed by atoms with E-state index >= 15 is 0 Å². The van der Waals surface area contributed by atoms with Gasteiger partial charge in [0.25, 0.3) is 0 Å². The Morgan fingerprint density at radius 2 is 2.00 bits per heavy atom. The smallest absolute Gasteiger partial charge is 0.00831 e. The monoisotopic (exact) mass is 130 g/mol. The minimum atomic E-state index is 0.899. The predicted octanol–water partition coefficient (Wildman–Crippen LogP) is 2.54. The van der Waals surface area contributed by atoms with Gasteiger partial charge in [-0.3, -0.25) is 0 Å². The van der Waals surface area contributed by atoms with Gasteiger partial charge in [0.15, 0.2) is 0 Å². The lowest BCUT2D eigenvalue weighted by Crippen LogP contribution is -2.28. The first-order valence-corrected chi connectivity index (χ1v) is 4.30. The van der Waals surface area contributed by atoms with Crippen molar-refractivity contribution in [1.82, 2.24) is 0 Å². The maximum Gasteiger partial charge on any atom is 0.00831 e. The molecule has 0 saturated carbocycles. The van der Waals surface area contributed by atoms with Crippen LogP contribution >= 0.6 is 11.8 Å². The zero-order chi connectivity index (χ0) is 6.15. The molecule has 0 aromatic heterocycles. The fourth-order valence-electron chi connectivity index (χ4n) is 1.04. The highest BCUT2D eigenvalue weighted by Gasteiger charge is 2.27. The van der Waals surface area contributed by atoms with Crippen LogP contribution in [0.2, 0.25) is 0 Å². The molecule has 48 valence electrons. The highest BCUT2D eigenvalue weighted by atomic mass is 32.2. The van der Waals surface area contributed by atoms with Crippen LogP contribution in [0.15, 0.2) is 0 Å². The first kappa shape index (κ1) is 6.47. The molecule has 0 bridgehead atoms. The Morgan fingerprint density at radius 1 is 1.50 bits per heavy atom. The second-order valence-electron chi connectivity index (χ2n) is 2.96. The molecular weight excluding hydrogens is 116 g/mol. The summed E-state index contributed by atoms with van der Waals surface area (Å²) in [7, 11) is 0. The van der Waals surface area contributed by atoms with Crippen LogP contribution in [0.25, 0.3) is 0 Å². The minimum Gasteiger partial charge on any atom is -0.155 e. The number of hydrogen-bond donors (Lipinski definition) is 0. The Hall–Kier alpha value is 0.350. The van der Waals surface area contributed by atoms with Crippen molar-refractivity contribution in [3.63, 3.8) is 0 Å². The molecule has 2 unspecified atom stereocenters. The summed E-state index contributed by atoms with van der Waals surface area (Å²) in [6.07, 6.45) is 1.45. The lowest BCUT2D eigenvalue weighted by molar-refractivity contribution is 0.537. The van der Waals surface area contributed by atoms with Crippen LogP contribution in [0.4, 0.5) is 0 Å². The van der Waals surface area contributed by atoms with E-state index < -0.39 is 0 Å². The van der Waals surface area contributed by atoms with Crippen molar-refractivity contribution < 1.29 is 0 Å². The highest BCUT2D eigenvalue weighted by molar-refractivity contribution is 8.01. The standard InChI is InChI=1S/C7H14S/c1-5(2)7-4-6(3)8-7/h5-7H,4H2,1-3H3. The molecule has 0 aromatic carbocycles. The van der Waals surface area contributed by atoms with Gasteiger partial charge in [-0.15, -0.1) is 0 Å². The third kappa shape index (κ3) is 1.19. The van der Waals surface area contributed by atoms with Gasteiger partial charge in [0.2, 0.25) is 0 Å². The molecular formula is C7H14S. The Morgan fingerprint density at radius 3 is 2.12 bits per heavy atom. The Labute approximate surface area is 56.0 Å². The van der Waals surface area contributed by atoms with Crippen LogP contribution in [0.3, 0.4) is 0 Å². The Bertz CT molecular complexity index is 72.5. The number of hydrogen-bond acceptors (Lipinski definition) is 1. The van der Waals surface area contributed by atoms with E-state index in [9.17, 15) is 0 Å². The summed E-state index contributed by atoms with van der Waals surface area (Å²) in [6.45, 7) is 6.93. The first-order chi connectivity index (χ1) is 3.70. The van der Waals surface area contributed by atoms with Crippen molar-refractivity contribution in [3.8, 4) is 0 Å². The number of rotatable bonds is 1. The molecule has 0 aliphatic carbocycles. The first-order valence-electron chi connectivity index (χ1n) is 3.35. The summed E-state index contributed by atoms with van der Waals surface area (Å²) >= 11 is 2.14. The van der Waals surface area contributed by atoms with E-state index in [1.165, 1.54) is 6.42 Å². The zero-order valence-corrected chi connectivity index (χ0v) is 6.66. The fraction of sp³-hybridized carbons (Fsp3) is 1.00. The predicted molar refractivity (Wildman–Crippen MR) is 40.3 cm³/mol. The van der Waals surface area contributed by atoms with Crippen LogP contribution in [0.5, 0.6) is 0 Å². The summed E-state index contributed by atoms with van der Waals surface area (Å²) in [5, 5.41) is 1.92. The average Bonchev–Trinajstić information content (AvgIpc) is 1.57. The van der Waals surface area contributed by atoms with Crippen molar-refractivity contribution in [2.75, 3.05) is 0 Å². The van der Waals surface area contributed by atoms with Gasteiger partial charge in [-0.2, -0.15) is 11.8 Å². The molecule has 1 saturated heterocycles. The summed E-state index contributed by atoms with van der Waals surface area (Å²) < 4.78 is 0. The molecule has 1 aliphatic heterocycles. The molecule has 0 nitrogen and oxygen atoms in total. The van der Waals surface area contributed by atoms with Gasteiger partial charge in [0.1, 0.15) is 0 Å². The Balaban J connectivity index is 2.15. The quantitative estimate of drug-likeness (QED) is 0.525. The van der Waals surface area contributed by atoms with Gasteiger partial charge in [0, 0.05) is 10.5 Å². The molecule has 0 amide bonds. The van der Waals surface area contributed by atoms with Crippen molar-refractivity contribution >= 4 is 11.8 Å². The SMILES string of the molecule is CC1CC(C(C)C)S1. The largest absolute Gasteiger partial charge is 0.155 e. The van der Waals surface area contributed by atoms with Crippen molar-refractivity contribution in [2.45, 2.75) is 37.7 Å².